The Balaban J connectivity index is 2.15. The molecule has 1 atom stereocenters. The van der Waals surface area contributed by atoms with Crippen LogP contribution in [0.4, 0.5) is 5.69 Å². The summed E-state index contributed by atoms with van der Waals surface area (Å²) >= 11 is 12.1. The number of rotatable bonds is 12. The first-order valence-corrected chi connectivity index (χ1v) is 13.7. The standard InChI is InChI=1S/C24H31Cl2N3O4S/c1-4-13-27-24(31)18(2)28(17-19-8-5-9-20(25)15-19)23(30)12-7-14-29(34(3,32)33)22-11-6-10-21(26)16-22/h5-6,8-11,15-16,18H,4,7,12-14,17H2,1-3H3,(H,27,31)/t18-/m1/s1. The molecule has 0 heterocycles. The summed E-state index contributed by atoms with van der Waals surface area (Å²) in [7, 11) is -3.58. The van der Waals surface area contributed by atoms with Crippen molar-refractivity contribution in [3.05, 3.63) is 64.1 Å². The number of sulfonamides is 1. The molecule has 2 amide bonds. The second kappa shape index (κ2) is 13.0. The van der Waals surface area contributed by atoms with Crippen molar-refractivity contribution in [2.24, 2.45) is 0 Å². The Bertz CT molecular complexity index is 1100. The molecule has 7 nitrogen and oxygen atoms in total. The van der Waals surface area contributed by atoms with Gasteiger partial charge in [0.2, 0.25) is 21.8 Å². The van der Waals surface area contributed by atoms with E-state index in [9.17, 15) is 18.0 Å². The Kier molecular flexibility index (Phi) is 10.7. The Morgan fingerprint density at radius 1 is 1.06 bits per heavy atom. The van der Waals surface area contributed by atoms with E-state index in [1.54, 1.807) is 49.4 Å². The van der Waals surface area contributed by atoms with Crippen LogP contribution < -0.4 is 9.62 Å². The van der Waals surface area contributed by atoms with Crippen molar-refractivity contribution in [3.63, 3.8) is 0 Å². The van der Waals surface area contributed by atoms with Crippen LogP contribution in [0.1, 0.15) is 38.7 Å². The molecular formula is C24H31Cl2N3O4S. The van der Waals surface area contributed by atoms with Crippen LogP contribution in [0.25, 0.3) is 0 Å². The first-order chi connectivity index (χ1) is 16.0. The van der Waals surface area contributed by atoms with Gasteiger partial charge in [-0.1, -0.05) is 48.3 Å². The third-order valence-electron chi connectivity index (χ3n) is 5.21. The van der Waals surface area contributed by atoms with E-state index in [1.807, 2.05) is 13.0 Å². The fourth-order valence-electron chi connectivity index (χ4n) is 3.45. The van der Waals surface area contributed by atoms with E-state index in [0.29, 0.717) is 22.3 Å². The van der Waals surface area contributed by atoms with Crippen molar-refractivity contribution < 1.29 is 18.0 Å². The molecule has 1 N–H and O–H groups in total. The molecule has 2 aromatic rings. The Morgan fingerprint density at radius 3 is 2.29 bits per heavy atom. The van der Waals surface area contributed by atoms with Crippen LogP contribution in [-0.2, 0) is 26.2 Å². The van der Waals surface area contributed by atoms with E-state index in [-0.39, 0.29) is 37.7 Å². The molecule has 186 valence electrons. The Hall–Kier alpha value is -2.29. The van der Waals surface area contributed by atoms with Gasteiger partial charge in [0, 0.05) is 36.1 Å². The smallest absolute Gasteiger partial charge is 0.242 e. The van der Waals surface area contributed by atoms with Crippen molar-refractivity contribution in [1.82, 2.24) is 10.2 Å². The van der Waals surface area contributed by atoms with Gasteiger partial charge in [0.1, 0.15) is 6.04 Å². The van der Waals surface area contributed by atoms with Crippen LogP contribution in [0.3, 0.4) is 0 Å². The lowest BCUT2D eigenvalue weighted by molar-refractivity contribution is -0.140. The second-order valence-electron chi connectivity index (χ2n) is 8.04. The number of hydrogen-bond acceptors (Lipinski definition) is 4. The van der Waals surface area contributed by atoms with E-state index in [4.69, 9.17) is 23.2 Å². The van der Waals surface area contributed by atoms with Gasteiger partial charge in [-0.3, -0.25) is 13.9 Å². The normalized spacial score (nSPS) is 12.1. The molecule has 34 heavy (non-hydrogen) atoms. The number of halogens is 2. The van der Waals surface area contributed by atoms with Gasteiger partial charge in [-0.05, 0) is 55.7 Å². The first-order valence-electron chi connectivity index (χ1n) is 11.1. The predicted octanol–water partition coefficient (Wildman–Crippen LogP) is 4.48. The summed E-state index contributed by atoms with van der Waals surface area (Å²) in [6, 6.07) is 13.0. The predicted molar refractivity (Wildman–Crippen MR) is 138 cm³/mol. The number of carbonyl (C=O) groups excluding carboxylic acids is 2. The molecule has 0 aliphatic carbocycles. The highest BCUT2D eigenvalue weighted by Crippen LogP contribution is 2.23. The van der Waals surface area contributed by atoms with Gasteiger partial charge in [0.05, 0.1) is 11.9 Å². The third kappa shape index (κ3) is 8.49. The molecule has 0 unspecified atom stereocenters. The lowest BCUT2D eigenvalue weighted by atomic mass is 10.1. The summed E-state index contributed by atoms with van der Waals surface area (Å²) in [4.78, 5) is 27.3. The highest BCUT2D eigenvalue weighted by molar-refractivity contribution is 7.92. The number of amides is 2. The maximum Gasteiger partial charge on any atom is 0.242 e. The van der Waals surface area contributed by atoms with Gasteiger partial charge in [0.25, 0.3) is 0 Å². The van der Waals surface area contributed by atoms with E-state index in [0.717, 1.165) is 18.2 Å². The van der Waals surface area contributed by atoms with E-state index in [1.165, 1.54) is 9.21 Å². The molecule has 0 saturated heterocycles. The molecule has 0 aliphatic rings. The quantitative estimate of drug-likeness (QED) is 0.440. The molecule has 2 aromatic carbocycles. The van der Waals surface area contributed by atoms with E-state index < -0.39 is 16.1 Å². The van der Waals surface area contributed by atoms with Crippen LogP contribution in [-0.4, -0.2) is 50.5 Å². The number of benzene rings is 2. The van der Waals surface area contributed by atoms with Gasteiger partial charge >= 0.3 is 0 Å². The molecule has 10 heteroatoms. The van der Waals surface area contributed by atoms with Crippen molar-refractivity contribution in [3.8, 4) is 0 Å². The van der Waals surface area contributed by atoms with Crippen molar-refractivity contribution in [1.29, 1.82) is 0 Å². The zero-order chi connectivity index (χ0) is 25.3. The molecular weight excluding hydrogens is 497 g/mol. The minimum atomic E-state index is -3.58. The average Bonchev–Trinajstić information content (AvgIpc) is 2.77. The van der Waals surface area contributed by atoms with Crippen LogP contribution in [0.15, 0.2) is 48.5 Å². The van der Waals surface area contributed by atoms with Crippen molar-refractivity contribution in [2.45, 2.75) is 45.7 Å². The number of anilines is 1. The molecule has 0 spiro atoms. The van der Waals surface area contributed by atoms with Crippen LogP contribution in [0.2, 0.25) is 10.0 Å². The van der Waals surface area contributed by atoms with Crippen molar-refractivity contribution >= 4 is 50.7 Å². The summed E-state index contributed by atoms with van der Waals surface area (Å²) in [5.41, 5.74) is 1.23. The SMILES string of the molecule is CCCNC(=O)[C@@H](C)N(Cc1cccc(Cl)c1)C(=O)CCCN(c1cccc(Cl)c1)S(C)(=O)=O. The lowest BCUT2D eigenvalue weighted by Crippen LogP contribution is -2.47. The summed E-state index contributed by atoms with van der Waals surface area (Å²) < 4.78 is 25.9. The average molecular weight is 529 g/mol. The first kappa shape index (κ1) is 28.0. The monoisotopic (exact) mass is 527 g/mol. The number of carbonyl (C=O) groups is 2. The van der Waals surface area contributed by atoms with Crippen molar-refractivity contribution in [2.75, 3.05) is 23.7 Å². The molecule has 0 fully saturated rings. The molecule has 2 rings (SSSR count). The highest BCUT2D eigenvalue weighted by atomic mass is 35.5. The Labute approximate surface area is 212 Å². The number of nitrogens with one attached hydrogen (secondary N) is 1. The minimum Gasteiger partial charge on any atom is -0.354 e. The van der Waals surface area contributed by atoms with Gasteiger partial charge < -0.3 is 10.2 Å². The summed E-state index contributed by atoms with van der Waals surface area (Å²) in [6.45, 7) is 4.47. The van der Waals surface area contributed by atoms with Gasteiger partial charge in [-0.15, -0.1) is 0 Å². The van der Waals surface area contributed by atoms with Crippen LogP contribution >= 0.6 is 23.2 Å². The maximum atomic E-state index is 13.2. The topological polar surface area (TPSA) is 86.8 Å². The zero-order valence-electron chi connectivity index (χ0n) is 19.6. The molecule has 0 aromatic heterocycles. The largest absolute Gasteiger partial charge is 0.354 e. The summed E-state index contributed by atoms with van der Waals surface area (Å²) in [5, 5.41) is 3.79. The highest BCUT2D eigenvalue weighted by Gasteiger charge is 2.26. The second-order valence-corrected chi connectivity index (χ2v) is 10.8. The Morgan fingerprint density at radius 2 is 1.71 bits per heavy atom. The van der Waals surface area contributed by atoms with Crippen LogP contribution in [0, 0.1) is 0 Å². The molecule has 0 aliphatic heterocycles. The number of nitrogens with zero attached hydrogens (tertiary/aromatic N) is 2. The van der Waals surface area contributed by atoms with Crippen LogP contribution in [0.5, 0.6) is 0 Å². The van der Waals surface area contributed by atoms with E-state index in [2.05, 4.69) is 5.32 Å². The fourth-order valence-corrected chi connectivity index (χ4v) is 4.80. The van der Waals surface area contributed by atoms with Gasteiger partial charge in [-0.2, -0.15) is 0 Å². The lowest BCUT2D eigenvalue weighted by Gasteiger charge is -2.29. The molecule has 0 bridgehead atoms. The number of hydrogen-bond donors (Lipinski definition) is 1. The summed E-state index contributed by atoms with van der Waals surface area (Å²) in [6.07, 6.45) is 2.24. The zero-order valence-corrected chi connectivity index (χ0v) is 22.0. The maximum absolute atomic E-state index is 13.2. The molecule has 0 saturated carbocycles. The van der Waals surface area contributed by atoms with Gasteiger partial charge in [-0.25, -0.2) is 8.42 Å². The minimum absolute atomic E-state index is 0.0680. The fraction of sp³-hybridized carbons (Fsp3) is 0.417. The van der Waals surface area contributed by atoms with E-state index >= 15 is 0 Å². The molecule has 0 radical (unpaired) electrons. The summed E-state index contributed by atoms with van der Waals surface area (Å²) in [5.74, 6) is -0.493. The third-order valence-corrected chi connectivity index (χ3v) is 6.87. The van der Waals surface area contributed by atoms with Gasteiger partial charge in [0.15, 0.2) is 0 Å².